The molecule has 0 aromatic carbocycles. The van der Waals surface area contributed by atoms with Gasteiger partial charge in [0.15, 0.2) is 5.21 Å². The molecule has 1 aromatic rings. The Labute approximate surface area is 50.4 Å². The lowest BCUT2D eigenvalue weighted by Crippen LogP contribution is -2.12. The van der Waals surface area contributed by atoms with Crippen molar-refractivity contribution in [2.24, 2.45) is 0 Å². The summed E-state index contributed by atoms with van der Waals surface area (Å²) in [4.78, 5) is 10.5. The summed E-state index contributed by atoms with van der Waals surface area (Å²) in [6.07, 6.45) is 0.718. The zero-order chi connectivity index (χ0) is 6.69. The van der Waals surface area contributed by atoms with Crippen LogP contribution in [0, 0.1) is 0 Å². The van der Waals surface area contributed by atoms with Crippen LogP contribution in [0.15, 0.2) is 6.33 Å². The summed E-state index contributed by atoms with van der Waals surface area (Å²) in [7, 11) is 1.27. The van der Waals surface area contributed by atoms with Crippen molar-refractivity contribution in [1.82, 2.24) is 15.1 Å². The highest BCUT2D eigenvalue weighted by atomic mass is 16.5. The van der Waals surface area contributed by atoms with Crippen LogP contribution < -0.4 is 5.10 Å². The third-order valence-electron chi connectivity index (χ3n) is 0.741. The number of hydrogen-bond donors (Lipinski definition) is 0. The standard InChI is InChI=1S/C3H4N4O2/c1-9-3(8)7-2-4-5-6-7/h2H,1H3/p+1. The van der Waals surface area contributed by atoms with Gasteiger partial charge in [-0.1, -0.05) is 0 Å². The lowest BCUT2D eigenvalue weighted by atomic mass is 11.1. The monoisotopic (exact) mass is 129 g/mol. The Kier molecular flexibility index (Phi) is 1.39. The Balaban J connectivity index is 2.77. The second-order valence-electron chi connectivity index (χ2n) is 1.26. The van der Waals surface area contributed by atoms with Gasteiger partial charge in [0.05, 0.1) is 7.11 Å². The first-order valence-corrected chi connectivity index (χ1v) is 2.21. The molecule has 48 valence electrons. The van der Waals surface area contributed by atoms with Gasteiger partial charge in [-0.25, -0.2) is 4.79 Å². The first-order valence-electron chi connectivity index (χ1n) is 2.21. The molecule has 6 nitrogen and oxygen atoms in total. The number of nitrogens with zero attached hydrogens (tertiary/aromatic N) is 3. The van der Waals surface area contributed by atoms with E-state index < -0.39 is 6.09 Å². The first-order chi connectivity index (χ1) is 4.34. The van der Waals surface area contributed by atoms with Crippen molar-refractivity contribution in [3.63, 3.8) is 0 Å². The molecule has 0 fully saturated rings. The quantitative estimate of drug-likeness (QED) is 0.408. The van der Waals surface area contributed by atoms with Gasteiger partial charge < -0.3 is 4.74 Å². The molecule has 0 aliphatic heterocycles. The van der Waals surface area contributed by atoms with Crippen molar-refractivity contribution >= 4 is 6.09 Å². The largest absolute Gasteiger partial charge is 0.514 e. The molecule has 0 aliphatic rings. The molecule has 1 aromatic heterocycles. The van der Waals surface area contributed by atoms with Gasteiger partial charge in [-0.15, -0.1) is 0 Å². The maximum absolute atomic E-state index is 10.5. The summed E-state index contributed by atoms with van der Waals surface area (Å²) >= 11 is 0. The fourth-order valence-electron chi connectivity index (χ4n) is 0.363. The summed E-state index contributed by atoms with van der Waals surface area (Å²) in [5.74, 6) is 0. The number of H-pyrrole nitrogens is 1. The Hall–Kier alpha value is -1.46. The second kappa shape index (κ2) is 2.21. The van der Waals surface area contributed by atoms with E-state index in [4.69, 9.17) is 0 Å². The molecule has 0 atom stereocenters. The predicted octanol–water partition coefficient (Wildman–Crippen LogP) is -1.29. The topological polar surface area (TPSA) is 71.2 Å². The van der Waals surface area contributed by atoms with Crippen LogP contribution in [0.25, 0.3) is 0 Å². The fourth-order valence-corrected chi connectivity index (χ4v) is 0.363. The first kappa shape index (κ1) is 5.67. The van der Waals surface area contributed by atoms with Crippen molar-refractivity contribution < 1.29 is 14.6 Å². The number of rotatable bonds is 0. The highest BCUT2D eigenvalue weighted by molar-refractivity contribution is 5.68. The van der Waals surface area contributed by atoms with E-state index in [0.29, 0.717) is 0 Å². The molecular formula is C3H5N4O2+. The van der Waals surface area contributed by atoms with Gasteiger partial charge in [0.25, 0.3) is 6.33 Å². The van der Waals surface area contributed by atoms with E-state index in [1.165, 1.54) is 13.4 Å². The molecule has 1 rings (SSSR count). The number of carbonyl (C=O) groups excluding carboxylic acids is 1. The van der Waals surface area contributed by atoms with Crippen LogP contribution in [0.4, 0.5) is 4.79 Å². The molecule has 1 N–H and O–H groups in total. The molecule has 0 saturated heterocycles. The van der Waals surface area contributed by atoms with E-state index in [2.05, 4.69) is 20.3 Å². The van der Waals surface area contributed by atoms with E-state index >= 15 is 0 Å². The molecule has 0 amide bonds. The Morgan fingerprint density at radius 2 is 2.67 bits per heavy atom. The Morgan fingerprint density at radius 3 is 3.11 bits per heavy atom. The SMILES string of the molecule is COC(=O)n1c[nH+]nn1. The van der Waals surface area contributed by atoms with Crippen LogP contribution in [-0.4, -0.2) is 28.3 Å². The third kappa shape index (κ3) is 1.01. The van der Waals surface area contributed by atoms with Gasteiger partial charge in [0, 0.05) is 4.68 Å². The van der Waals surface area contributed by atoms with Gasteiger partial charge in [0.2, 0.25) is 0 Å². The van der Waals surface area contributed by atoms with Crippen molar-refractivity contribution in [3.8, 4) is 0 Å². The van der Waals surface area contributed by atoms with Crippen LogP contribution in [0.5, 0.6) is 0 Å². The summed E-state index contributed by atoms with van der Waals surface area (Å²) in [5.41, 5.74) is 0. The Morgan fingerprint density at radius 1 is 1.89 bits per heavy atom. The molecule has 9 heavy (non-hydrogen) atoms. The lowest BCUT2D eigenvalue weighted by molar-refractivity contribution is -0.456. The van der Waals surface area contributed by atoms with E-state index in [0.717, 1.165) is 4.68 Å². The molecule has 1 heterocycles. The maximum atomic E-state index is 10.5. The van der Waals surface area contributed by atoms with E-state index in [1.807, 2.05) is 0 Å². The average Bonchev–Trinajstić information content (AvgIpc) is 2.37. The van der Waals surface area contributed by atoms with Crippen LogP contribution in [0.3, 0.4) is 0 Å². The number of methoxy groups -OCH3 is 1. The minimum atomic E-state index is -0.566. The van der Waals surface area contributed by atoms with Gasteiger partial charge in [-0.3, -0.25) is 0 Å². The predicted molar refractivity (Wildman–Crippen MR) is 24.4 cm³/mol. The van der Waals surface area contributed by atoms with Crippen LogP contribution in [-0.2, 0) is 4.74 Å². The summed E-state index contributed by atoms with van der Waals surface area (Å²) in [6.45, 7) is 0. The van der Waals surface area contributed by atoms with Crippen molar-refractivity contribution in [1.29, 1.82) is 0 Å². The van der Waals surface area contributed by atoms with E-state index in [-0.39, 0.29) is 0 Å². The number of carbonyl (C=O) groups is 1. The minimum absolute atomic E-state index is 0.566. The lowest BCUT2D eigenvalue weighted by Gasteiger charge is -1.83. The molecular weight excluding hydrogens is 124 g/mol. The molecule has 0 spiro atoms. The van der Waals surface area contributed by atoms with Crippen LogP contribution in [0.1, 0.15) is 0 Å². The van der Waals surface area contributed by atoms with E-state index in [9.17, 15) is 4.79 Å². The number of ether oxygens (including phenoxy) is 1. The Bertz CT molecular complexity index is 194. The minimum Gasteiger partial charge on any atom is -0.438 e. The van der Waals surface area contributed by atoms with Gasteiger partial charge in [-0.05, 0) is 0 Å². The van der Waals surface area contributed by atoms with Crippen LogP contribution >= 0.6 is 0 Å². The second-order valence-corrected chi connectivity index (χ2v) is 1.26. The molecule has 0 unspecified atom stereocenters. The molecule has 0 bridgehead atoms. The summed E-state index contributed by atoms with van der Waals surface area (Å²) < 4.78 is 5.24. The average molecular weight is 129 g/mol. The maximum Gasteiger partial charge on any atom is 0.514 e. The fraction of sp³-hybridized carbons (Fsp3) is 0.333. The zero-order valence-electron chi connectivity index (χ0n) is 4.74. The van der Waals surface area contributed by atoms with Gasteiger partial charge >= 0.3 is 6.09 Å². The summed E-state index contributed by atoms with van der Waals surface area (Å²) in [6, 6.07) is 0. The number of aromatic amines is 1. The smallest absolute Gasteiger partial charge is 0.438 e. The number of nitrogens with one attached hydrogen (secondary N) is 1. The number of aromatic nitrogens is 4. The number of hydrogen-bond acceptors (Lipinski definition) is 4. The van der Waals surface area contributed by atoms with Gasteiger partial charge in [0.1, 0.15) is 5.21 Å². The molecule has 0 radical (unpaired) electrons. The molecule has 0 aliphatic carbocycles. The van der Waals surface area contributed by atoms with Crippen molar-refractivity contribution in [3.05, 3.63) is 6.33 Å². The molecule has 0 saturated carbocycles. The van der Waals surface area contributed by atoms with Crippen molar-refractivity contribution in [2.45, 2.75) is 0 Å². The van der Waals surface area contributed by atoms with Gasteiger partial charge in [-0.2, -0.15) is 5.10 Å². The van der Waals surface area contributed by atoms with E-state index in [1.54, 1.807) is 0 Å². The summed E-state index contributed by atoms with van der Waals surface area (Å²) in [5, 5.41) is 8.95. The zero-order valence-corrected chi connectivity index (χ0v) is 4.74. The normalized spacial score (nSPS) is 9.00. The van der Waals surface area contributed by atoms with Crippen LogP contribution in [0.2, 0.25) is 0 Å². The van der Waals surface area contributed by atoms with Crippen molar-refractivity contribution in [2.75, 3.05) is 7.11 Å². The number of tetrazole rings is 1. The highest BCUT2D eigenvalue weighted by Gasteiger charge is 2.11. The molecule has 6 heteroatoms. The highest BCUT2D eigenvalue weighted by Crippen LogP contribution is 1.76. The third-order valence-corrected chi connectivity index (χ3v) is 0.741.